The summed E-state index contributed by atoms with van der Waals surface area (Å²) in [5, 5.41) is 10.0. The van der Waals surface area contributed by atoms with Crippen LogP contribution < -0.4 is 0 Å². The maximum atomic E-state index is 13.0. The van der Waals surface area contributed by atoms with Gasteiger partial charge < -0.3 is 24.1 Å². The highest BCUT2D eigenvalue weighted by molar-refractivity contribution is 5.91. The molecule has 0 spiro atoms. The molecule has 8 nitrogen and oxygen atoms in total. The van der Waals surface area contributed by atoms with E-state index in [4.69, 9.17) is 18.9 Å². The Balaban J connectivity index is 1.66. The molecular formula is C28H26O8. The molecule has 8 heteroatoms. The van der Waals surface area contributed by atoms with E-state index in [-0.39, 0.29) is 11.1 Å². The standard InChI is InChI=1S/C28H26O8/c1-18-23(34-26(30)19-11-5-2-6-12-19)25(36-28(32)21-15-9-4-10-16-21)24(22(17-29)33-18)35-27(31)20-13-7-3-8-14-20/h2-16,18,22-25,29H,17H2,1H3/t18?,22-,23+,24-,25-/m1/s1. The Morgan fingerprint density at radius 3 is 1.39 bits per heavy atom. The van der Waals surface area contributed by atoms with Gasteiger partial charge in [-0.25, -0.2) is 14.4 Å². The van der Waals surface area contributed by atoms with Crippen LogP contribution in [0.2, 0.25) is 0 Å². The number of hydrogen-bond acceptors (Lipinski definition) is 8. The quantitative estimate of drug-likeness (QED) is 0.396. The number of hydrogen-bond donors (Lipinski definition) is 1. The minimum atomic E-state index is -1.25. The van der Waals surface area contributed by atoms with Gasteiger partial charge >= 0.3 is 17.9 Å². The highest BCUT2D eigenvalue weighted by Gasteiger charge is 2.51. The van der Waals surface area contributed by atoms with Crippen LogP contribution in [0.4, 0.5) is 0 Å². The van der Waals surface area contributed by atoms with E-state index in [1.165, 1.54) is 0 Å². The smallest absolute Gasteiger partial charge is 0.338 e. The van der Waals surface area contributed by atoms with E-state index >= 15 is 0 Å². The van der Waals surface area contributed by atoms with Gasteiger partial charge in [-0.3, -0.25) is 0 Å². The van der Waals surface area contributed by atoms with Crippen molar-refractivity contribution in [3.05, 3.63) is 108 Å². The molecule has 36 heavy (non-hydrogen) atoms. The molecule has 0 aromatic heterocycles. The van der Waals surface area contributed by atoms with Crippen molar-refractivity contribution in [3.8, 4) is 0 Å². The second kappa shape index (κ2) is 11.6. The van der Waals surface area contributed by atoms with Crippen LogP contribution in [0, 0.1) is 0 Å². The highest BCUT2D eigenvalue weighted by Crippen LogP contribution is 2.30. The van der Waals surface area contributed by atoms with Gasteiger partial charge in [-0.2, -0.15) is 0 Å². The summed E-state index contributed by atoms with van der Waals surface area (Å²) in [6.45, 7) is 1.11. The number of benzene rings is 3. The molecule has 1 unspecified atom stereocenters. The Kier molecular flexibility index (Phi) is 8.10. The topological polar surface area (TPSA) is 108 Å². The molecule has 5 atom stereocenters. The van der Waals surface area contributed by atoms with Crippen LogP contribution in [0.15, 0.2) is 91.0 Å². The zero-order valence-electron chi connectivity index (χ0n) is 19.6. The second-order valence-corrected chi connectivity index (χ2v) is 8.27. The van der Waals surface area contributed by atoms with E-state index in [0.29, 0.717) is 5.56 Å². The third-order valence-corrected chi connectivity index (χ3v) is 5.80. The molecule has 0 radical (unpaired) electrons. The molecule has 0 aliphatic carbocycles. The third kappa shape index (κ3) is 5.79. The number of rotatable bonds is 7. The Morgan fingerprint density at radius 1 is 0.639 bits per heavy atom. The first-order valence-electron chi connectivity index (χ1n) is 11.5. The van der Waals surface area contributed by atoms with Gasteiger partial charge in [0.15, 0.2) is 18.3 Å². The minimum Gasteiger partial charge on any atom is -0.452 e. The molecule has 3 aromatic rings. The van der Waals surface area contributed by atoms with Crippen LogP contribution in [0.5, 0.6) is 0 Å². The molecule has 0 saturated carbocycles. The van der Waals surface area contributed by atoms with Gasteiger partial charge in [-0.05, 0) is 43.3 Å². The molecule has 4 rings (SSSR count). The summed E-state index contributed by atoms with van der Waals surface area (Å²) in [4.78, 5) is 38.8. The average Bonchev–Trinajstić information content (AvgIpc) is 2.93. The maximum Gasteiger partial charge on any atom is 0.338 e. The van der Waals surface area contributed by atoms with E-state index in [0.717, 1.165) is 0 Å². The number of aliphatic hydroxyl groups excluding tert-OH is 1. The highest BCUT2D eigenvalue weighted by atomic mass is 16.6. The van der Waals surface area contributed by atoms with Crippen molar-refractivity contribution >= 4 is 17.9 Å². The van der Waals surface area contributed by atoms with E-state index in [1.54, 1.807) is 97.9 Å². The largest absolute Gasteiger partial charge is 0.452 e. The van der Waals surface area contributed by atoms with Crippen molar-refractivity contribution in [2.24, 2.45) is 0 Å². The number of carbonyl (C=O) groups excluding carboxylic acids is 3. The van der Waals surface area contributed by atoms with E-state index in [1.807, 2.05) is 0 Å². The molecule has 186 valence electrons. The normalized spacial score (nSPS) is 23.3. The van der Waals surface area contributed by atoms with Gasteiger partial charge in [0.05, 0.1) is 29.4 Å². The summed E-state index contributed by atoms with van der Waals surface area (Å²) in [5.74, 6) is -2.06. The van der Waals surface area contributed by atoms with Gasteiger partial charge in [0, 0.05) is 0 Å². The van der Waals surface area contributed by atoms with Gasteiger partial charge in [-0.15, -0.1) is 0 Å². The summed E-state index contributed by atoms with van der Waals surface area (Å²) in [5.41, 5.74) is 0.817. The van der Waals surface area contributed by atoms with Crippen molar-refractivity contribution in [3.63, 3.8) is 0 Å². The van der Waals surface area contributed by atoms with Crippen molar-refractivity contribution in [2.75, 3.05) is 6.61 Å². The van der Waals surface area contributed by atoms with E-state index < -0.39 is 55.0 Å². The Labute approximate surface area is 208 Å². The third-order valence-electron chi connectivity index (χ3n) is 5.80. The molecule has 1 aliphatic heterocycles. The number of carbonyl (C=O) groups is 3. The van der Waals surface area contributed by atoms with Gasteiger partial charge in [-0.1, -0.05) is 54.6 Å². The van der Waals surface area contributed by atoms with Crippen molar-refractivity contribution < 1.29 is 38.4 Å². The summed E-state index contributed by atoms with van der Waals surface area (Å²) >= 11 is 0. The number of esters is 3. The lowest BCUT2D eigenvalue weighted by molar-refractivity contribution is -0.224. The maximum absolute atomic E-state index is 13.0. The van der Waals surface area contributed by atoms with Crippen molar-refractivity contribution in [1.29, 1.82) is 0 Å². The average molecular weight is 491 g/mol. The summed E-state index contributed by atoms with van der Waals surface area (Å²) in [6, 6.07) is 24.8. The molecule has 0 bridgehead atoms. The van der Waals surface area contributed by atoms with Crippen LogP contribution >= 0.6 is 0 Å². The second-order valence-electron chi connectivity index (χ2n) is 8.27. The predicted octanol–water partition coefficient (Wildman–Crippen LogP) is 3.44. The lowest BCUT2D eigenvalue weighted by atomic mass is 9.94. The zero-order chi connectivity index (χ0) is 25.5. The van der Waals surface area contributed by atoms with Crippen molar-refractivity contribution in [1.82, 2.24) is 0 Å². The number of ether oxygens (including phenoxy) is 4. The fourth-order valence-corrected chi connectivity index (χ4v) is 3.98. The van der Waals surface area contributed by atoms with Gasteiger partial charge in [0.1, 0.15) is 6.10 Å². The molecule has 1 saturated heterocycles. The molecule has 0 amide bonds. The van der Waals surface area contributed by atoms with Crippen LogP contribution in [0.1, 0.15) is 38.0 Å². The molecule has 1 fully saturated rings. The fourth-order valence-electron chi connectivity index (χ4n) is 3.98. The van der Waals surface area contributed by atoms with Crippen LogP contribution in [-0.2, 0) is 18.9 Å². The Bertz CT molecular complexity index is 1170. The molecule has 1 heterocycles. The first kappa shape index (κ1) is 25.1. The monoisotopic (exact) mass is 490 g/mol. The van der Waals surface area contributed by atoms with Crippen molar-refractivity contribution in [2.45, 2.75) is 37.4 Å². The minimum absolute atomic E-state index is 0.262. The van der Waals surface area contributed by atoms with Gasteiger partial charge in [0.2, 0.25) is 0 Å². The van der Waals surface area contributed by atoms with Crippen LogP contribution in [0.25, 0.3) is 0 Å². The Hall–Kier alpha value is -4.01. The first-order valence-corrected chi connectivity index (χ1v) is 11.5. The van der Waals surface area contributed by atoms with E-state index in [2.05, 4.69) is 0 Å². The molecule has 1 N–H and O–H groups in total. The molecule has 1 aliphatic rings. The Morgan fingerprint density at radius 2 is 1.00 bits per heavy atom. The summed E-state index contributed by atoms with van der Waals surface area (Å²) < 4.78 is 23.1. The first-order chi connectivity index (χ1) is 17.5. The van der Waals surface area contributed by atoms with Gasteiger partial charge in [0.25, 0.3) is 0 Å². The molecular weight excluding hydrogens is 464 g/mol. The fraction of sp³-hybridized carbons (Fsp3) is 0.250. The number of aliphatic hydroxyl groups is 1. The zero-order valence-corrected chi connectivity index (χ0v) is 19.6. The van der Waals surface area contributed by atoms with Crippen LogP contribution in [-0.4, -0.2) is 60.1 Å². The van der Waals surface area contributed by atoms with Crippen LogP contribution in [0.3, 0.4) is 0 Å². The predicted molar refractivity (Wildman–Crippen MR) is 128 cm³/mol. The summed E-state index contributed by atoms with van der Waals surface area (Å²) in [6.07, 6.45) is -5.43. The SMILES string of the molecule is CC1O[C@H](CO)[C@@H](OC(=O)c2ccccc2)[C@H](OC(=O)c2ccccc2)[C@H]1OC(=O)c1ccccc1. The summed E-state index contributed by atoms with van der Waals surface area (Å²) in [7, 11) is 0. The lowest BCUT2D eigenvalue weighted by Gasteiger charge is -2.43. The lowest BCUT2D eigenvalue weighted by Crippen LogP contribution is -2.61. The van der Waals surface area contributed by atoms with E-state index in [9.17, 15) is 19.5 Å². The molecule has 3 aromatic carbocycles.